The molecule has 2 aromatic rings. The molecule has 0 amide bonds. The SMILES string of the molecule is CC(C)c1cc(Br)ccc1Oc1ncccc1/C(N)=N/O. The van der Waals surface area contributed by atoms with E-state index >= 15 is 0 Å². The summed E-state index contributed by atoms with van der Waals surface area (Å²) in [6, 6.07) is 9.15. The van der Waals surface area contributed by atoms with Gasteiger partial charge in [0.15, 0.2) is 5.84 Å². The van der Waals surface area contributed by atoms with E-state index in [-0.39, 0.29) is 11.8 Å². The van der Waals surface area contributed by atoms with Crippen LogP contribution in [0.1, 0.15) is 30.9 Å². The standard InChI is InChI=1S/C15H16BrN3O2/c1-9(2)12-8-10(16)5-6-13(12)21-15-11(14(17)19-20)4-3-7-18-15/h3-9,20H,1-2H3,(H2,17,19). The molecule has 0 saturated heterocycles. The van der Waals surface area contributed by atoms with E-state index in [0.29, 0.717) is 17.2 Å². The summed E-state index contributed by atoms with van der Waals surface area (Å²) in [5.74, 6) is 1.24. The second-order valence-electron chi connectivity index (χ2n) is 4.78. The van der Waals surface area contributed by atoms with Gasteiger partial charge in [-0.1, -0.05) is 34.9 Å². The van der Waals surface area contributed by atoms with Crippen LogP contribution in [0.4, 0.5) is 0 Å². The van der Waals surface area contributed by atoms with Gasteiger partial charge in [0.25, 0.3) is 0 Å². The van der Waals surface area contributed by atoms with Gasteiger partial charge in [-0.05, 0) is 41.8 Å². The van der Waals surface area contributed by atoms with Gasteiger partial charge in [-0.3, -0.25) is 0 Å². The number of nitrogens with two attached hydrogens (primary N) is 1. The molecule has 0 saturated carbocycles. The number of aromatic nitrogens is 1. The Balaban J connectivity index is 2.44. The van der Waals surface area contributed by atoms with Crippen LogP contribution in [-0.2, 0) is 0 Å². The number of pyridine rings is 1. The van der Waals surface area contributed by atoms with Crippen molar-refractivity contribution in [2.45, 2.75) is 19.8 Å². The number of ether oxygens (including phenoxy) is 1. The maximum atomic E-state index is 8.83. The molecule has 0 spiro atoms. The molecular formula is C15H16BrN3O2. The Morgan fingerprint density at radius 1 is 1.38 bits per heavy atom. The molecule has 0 aliphatic carbocycles. The lowest BCUT2D eigenvalue weighted by atomic mass is 10.0. The maximum Gasteiger partial charge on any atom is 0.230 e. The molecule has 1 heterocycles. The fourth-order valence-corrected chi connectivity index (χ4v) is 2.27. The van der Waals surface area contributed by atoms with Crippen molar-refractivity contribution in [3.05, 3.63) is 52.1 Å². The molecule has 3 N–H and O–H groups in total. The Kier molecular flexibility index (Phi) is 4.80. The molecule has 0 unspecified atom stereocenters. The van der Waals surface area contributed by atoms with Gasteiger partial charge >= 0.3 is 0 Å². The lowest BCUT2D eigenvalue weighted by molar-refractivity contribution is 0.318. The first-order valence-corrected chi connectivity index (χ1v) is 7.22. The van der Waals surface area contributed by atoms with Crippen LogP contribution in [-0.4, -0.2) is 16.0 Å². The molecule has 21 heavy (non-hydrogen) atoms. The van der Waals surface area contributed by atoms with Crippen LogP contribution in [0, 0.1) is 0 Å². The zero-order valence-electron chi connectivity index (χ0n) is 11.7. The van der Waals surface area contributed by atoms with Gasteiger partial charge in [0.1, 0.15) is 5.75 Å². The average molecular weight is 350 g/mol. The van der Waals surface area contributed by atoms with Crippen molar-refractivity contribution < 1.29 is 9.94 Å². The summed E-state index contributed by atoms with van der Waals surface area (Å²) in [5, 5.41) is 11.8. The van der Waals surface area contributed by atoms with Gasteiger partial charge in [0.2, 0.25) is 5.88 Å². The van der Waals surface area contributed by atoms with Gasteiger partial charge in [-0.15, -0.1) is 0 Å². The number of nitrogens with zero attached hydrogens (tertiary/aromatic N) is 2. The highest BCUT2D eigenvalue weighted by Gasteiger charge is 2.14. The summed E-state index contributed by atoms with van der Waals surface area (Å²) in [4.78, 5) is 4.16. The van der Waals surface area contributed by atoms with Gasteiger partial charge in [-0.2, -0.15) is 0 Å². The van der Waals surface area contributed by atoms with Crippen LogP contribution in [0.25, 0.3) is 0 Å². The Bertz CT molecular complexity index is 672. The van der Waals surface area contributed by atoms with Crippen molar-refractivity contribution in [1.29, 1.82) is 0 Å². The number of oxime groups is 1. The molecule has 0 aliphatic heterocycles. The predicted octanol–water partition coefficient (Wildman–Crippen LogP) is 3.85. The second-order valence-corrected chi connectivity index (χ2v) is 5.70. The molecular weight excluding hydrogens is 334 g/mol. The van der Waals surface area contributed by atoms with E-state index in [1.54, 1.807) is 18.3 Å². The van der Waals surface area contributed by atoms with Crippen molar-refractivity contribution in [2.75, 3.05) is 0 Å². The number of rotatable bonds is 4. The lowest BCUT2D eigenvalue weighted by Crippen LogP contribution is -2.14. The lowest BCUT2D eigenvalue weighted by Gasteiger charge is -2.15. The van der Waals surface area contributed by atoms with Gasteiger partial charge < -0.3 is 15.7 Å². The molecule has 2 rings (SSSR count). The fourth-order valence-electron chi connectivity index (χ4n) is 1.89. The average Bonchev–Trinajstić information content (AvgIpc) is 2.48. The largest absolute Gasteiger partial charge is 0.438 e. The Morgan fingerprint density at radius 3 is 2.81 bits per heavy atom. The van der Waals surface area contributed by atoms with E-state index in [2.05, 4.69) is 39.9 Å². The Hall–Kier alpha value is -2.08. The number of amidine groups is 1. The summed E-state index contributed by atoms with van der Waals surface area (Å²) < 4.78 is 6.86. The molecule has 5 nitrogen and oxygen atoms in total. The zero-order chi connectivity index (χ0) is 15.4. The highest BCUT2D eigenvalue weighted by molar-refractivity contribution is 9.10. The third kappa shape index (κ3) is 3.52. The van der Waals surface area contributed by atoms with E-state index in [1.807, 2.05) is 18.2 Å². The smallest absolute Gasteiger partial charge is 0.230 e. The van der Waals surface area contributed by atoms with Crippen LogP contribution in [0.2, 0.25) is 0 Å². The normalized spacial score (nSPS) is 11.7. The van der Waals surface area contributed by atoms with E-state index in [4.69, 9.17) is 15.7 Å². The molecule has 6 heteroatoms. The summed E-state index contributed by atoms with van der Waals surface area (Å²) in [6.07, 6.45) is 1.59. The number of benzene rings is 1. The van der Waals surface area contributed by atoms with Crippen molar-refractivity contribution in [3.8, 4) is 11.6 Å². The first kappa shape index (κ1) is 15.3. The zero-order valence-corrected chi connectivity index (χ0v) is 13.3. The van der Waals surface area contributed by atoms with Crippen molar-refractivity contribution >= 4 is 21.8 Å². The van der Waals surface area contributed by atoms with Crippen LogP contribution < -0.4 is 10.5 Å². The molecule has 110 valence electrons. The van der Waals surface area contributed by atoms with Crippen LogP contribution in [0.5, 0.6) is 11.6 Å². The number of hydrogen-bond donors (Lipinski definition) is 2. The highest BCUT2D eigenvalue weighted by atomic mass is 79.9. The van der Waals surface area contributed by atoms with E-state index in [0.717, 1.165) is 10.0 Å². The quantitative estimate of drug-likeness (QED) is 0.380. The fraction of sp³-hybridized carbons (Fsp3) is 0.200. The van der Waals surface area contributed by atoms with Crippen LogP contribution in [0.15, 0.2) is 46.2 Å². The predicted molar refractivity (Wildman–Crippen MR) is 85.1 cm³/mol. The minimum absolute atomic E-state index is 0.0405. The van der Waals surface area contributed by atoms with E-state index in [9.17, 15) is 0 Å². The molecule has 0 bridgehead atoms. The van der Waals surface area contributed by atoms with Gasteiger partial charge in [-0.25, -0.2) is 4.98 Å². The molecule has 0 aliphatic rings. The minimum atomic E-state index is -0.0405. The van der Waals surface area contributed by atoms with Crippen molar-refractivity contribution in [2.24, 2.45) is 10.9 Å². The first-order valence-electron chi connectivity index (χ1n) is 6.43. The van der Waals surface area contributed by atoms with Gasteiger partial charge in [0, 0.05) is 10.7 Å². The molecule has 0 atom stereocenters. The number of halogens is 1. The third-order valence-corrected chi connectivity index (χ3v) is 3.45. The second kappa shape index (κ2) is 6.58. The summed E-state index contributed by atoms with van der Waals surface area (Å²) >= 11 is 3.46. The Labute approximate surface area is 131 Å². The monoisotopic (exact) mass is 349 g/mol. The topological polar surface area (TPSA) is 80.7 Å². The summed E-state index contributed by atoms with van der Waals surface area (Å²) in [7, 11) is 0. The van der Waals surface area contributed by atoms with Crippen molar-refractivity contribution in [1.82, 2.24) is 4.98 Å². The van der Waals surface area contributed by atoms with Crippen LogP contribution in [0.3, 0.4) is 0 Å². The van der Waals surface area contributed by atoms with Gasteiger partial charge in [0.05, 0.1) is 5.56 Å². The van der Waals surface area contributed by atoms with Crippen molar-refractivity contribution in [3.63, 3.8) is 0 Å². The summed E-state index contributed by atoms with van der Waals surface area (Å²) in [5.41, 5.74) is 7.13. The summed E-state index contributed by atoms with van der Waals surface area (Å²) in [6.45, 7) is 4.16. The third-order valence-electron chi connectivity index (χ3n) is 2.96. The van der Waals surface area contributed by atoms with E-state index < -0.39 is 0 Å². The molecule has 1 aromatic carbocycles. The molecule has 1 aromatic heterocycles. The van der Waals surface area contributed by atoms with E-state index in [1.165, 1.54) is 0 Å². The molecule has 0 fully saturated rings. The minimum Gasteiger partial charge on any atom is -0.438 e. The maximum absolute atomic E-state index is 8.83. The first-order chi connectivity index (χ1) is 10.0. The highest BCUT2D eigenvalue weighted by Crippen LogP contribution is 2.33. The van der Waals surface area contributed by atoms with Crippen LogP contribution >= 0.6 is 15.9 Å². The molecule has 0 radical (unpaired) electrons. The Morgan fingerprint density at radius 2 is 2.14 bits per heavy atom. The number of hydrogen-bond acceptors (Lipinski definition) is 4.